The van der Waals surface area contributed by atoms with Gasteiger partial charge in [-0.15, -0.1) is 43.6 Å². The Hall–Kier alpha value is -0.0157. The fourth-order valence-electron chi connectivity index (χ4n) is 0.527. The number of halogens is 2. The predicted molar refractivity (Wildman–Crippen MR) is 85.6 cm³/mol. The number of rotatable bonds is 0. The molecule has 0 saturated carbocycles. The summed E-state index contributed by atoms with van der Waals surface area (Å²) in [7, 11) is 0. The minimum atomic E-state index is 0. The zero-order chi connectivity index (χ0) is 7.07. The van der Waals surface area contributed by atoms with Crippen LogP contribution in [0.4, 0.5) is 0 Å². The van der Waals surface area contributed by atoms with E-state index in [0.29, 0.717) is 0 Å². The molecule has 0 spiro atoms. The zero-order valence-electron chi connectivity index (χ0n) is 11.9. The second-order valence-corrected chi connectivity index (χ2v) is 1.71. The molecule has 0 amide bonds. The molecule has 1 N–H and O–H groups in total. The van der Waals surface area contributed by atoms with Crippen LogP contribution in [0.15, 0.2) is 30.5 Å². The van der Waals surface area contributed by atoms with Gasteiger partial charge in [0.2, 0.25) is 0 Å². The topological polar surface area (TPSA) is 28.7 Å². The Kier molecular flexibility index (Phi) is 126. The Morgan fingerprint density at radius 3 is 1.67 bits per heavy atom. The summed E-state index contributed by atoms with van der Waals surface area (Å²) in [6, 6.07) is 1.71. The fourth-order valence-corrected chi connectivity index (χ4v) is 0.527. The first-order valence-corrected chi connectivity index (χ1v) is 3.08. The quantitative estimate of drug-likeness (QED) is 0.547. The van der Waals surface area contributed by atoms with Crippen LogP contribution in [-0.2, 0) is 21.7 Å². The monoisotopic (exact) mass is 327 g/mol. The van der Waals surface area contributed by atoms with Crippen molar-refractivity contribution >= 4 is 24.8 Å². The number of H-pyrrole nitrogens is 1. The number of hydrogen-bond donors (Lipinski definition) is 1. The van der Waals surface area contributed by atoms with Crippen LogP contribution >= 0.6 is 24.8 Å². The van der Waals surface area contributed by atoms with Gasteiger partial charge in [-0.1, -0.05) is 0 Å². The SMILES string of the molecule is Cl.Cl.[C-]1=CC=CC1.[CH3-].[CH3-].[CH3-].[CH3-].[CH3-].[Ti].[c-]1cc[nH]n1. The molecule has 1 aromatic rings. The second kappa shape index (κ2) is 43.5. The molecule has 18 heavy (non-hydrogen) atoms. The number of nitrogens with one attached hydrogen (secondary N) is 1. The van der Waals surface area contributed by atoms with Gasteiger partial charge in [0.05, 0.1) is 0 Å². The van der Waals surface area contributed by atoms with Crippen molar-refractivity contribution in [1.29, 1.82) is 0 Å². The minimum absolute atomic E-state index is 0. The van der Waals surface area contributed by atoms with Crippen molar-refractivity contribution < 1.29 is 21.7 Å². The van der Waals surface area contributed by atoms with Crippen LogP contribution in [0.2, 0.25) is 0 Å². The molecule has 0 radical (unpaired) electrons. The maximum Gasteiger partial charge on any atom is 0 e. The smallest absolute Gasteiger partial charge is 0 e. The van der Waals surface area contributed by atoms with Gasteiger partial charge in [0.15, 0.2) is 0 Å². The van der Waals surface area contributed by atoms with Crippen molar-refractivity contribution in [2.75, 3.05) is 0 Å². The van der Waals surface area contributed by atoms with Crippen LogP contribution in [0.25, 0.3) is 0 Å². The Morgan fingerprint density at radius 1 is 1.00 bits per heavy atom. The maximum atomic E-state index is 3.47. The third-order valence-corrected chi connectivity index (χ3v) is 0.947. The van der Waals surface area contributed by atoms with E-state index in [1.807, 2.05) is 12.2 Å². The van der Waals surface area contributed by atoms with Crippen molar-refractivity contribution in [2.45, 2.75) is 6.42 Å². The van der Waals surface area contributed by atoms with E-state index in [1.54, 1.807) is 12.3 Å². The molecule has 0 fully saturated rings. The summed E-state index contributed by atoms with van der Waals surface area (Å²) in [5, 5.41) is 6.03. The molecular weight excluding hydrogens is 303 g/mol. The summed E-state index contributed by atoms with van der Waals surface area (Å²) < 4.78 is 0. The van der Waals surface area contributed by atoms with E-state index in [0.717, 1.165) is 6.42 Å². The van der Waals surface area contributed by atoms with Crippen molar-refractivity contribution in [3.63, 3.8) is 0 Å². The zero-order valence-corrected chi connectivity index (χ0v) is 15.1. The summed E-state index contributed by atoms with van der Waals surface area (Å²) in [4.78, 5) is 0. The molecule has 1 heterocycles. The van der Waals surface area contributed by atoms with Gasteiger partial charge in [-0.05, 0) is 0 Å². The molecule has 1 aliphatic carbocycles. The summed E-state index contributed by atoms with van der Waals surface area (Å²) >= 11 is 0. The van der Waals surface area contributed by atoms with Crippen LogP contribution in [-0.4, -0.2) is 10.2 Å². The molecule has 0 atom stereocenters. The van der Waals surface area contributed by atoms with Gasteiger partial charge in [-0.2, -0.15) is 12.1 Å². The van der Waals surface area contributed by atoms with Gasteiger partial charge < -0.3 is 47.3 Å². The number of aromatic nitrogens is 2. The van der Waals surface area contributed by atoms with Gasteiger partial charge >= 0.3 is 0 Å². The summed E-state index contributed by atoms with van der Waals surface area (Å²) in [5.74, 6) is 0. The summed E-state index contributed by atoms with van der Waals surface area (Å²) in [6.07, 6.45) is 14.3. The van der Waals surface area contributed by atoms with Gasteiger partial charge in [-0.25, -0.2) is 12.2 Å². The van der Waals surface area contributed by atoms with E-state index >= 15 is 0 Å². The first-order chi connectivity index (χ1) is 5.00. The Bertz CT molecular complexity index is 186. The number of hydrogen-bond acceptors (Lipinski definition) is 1. The van der Waals surface area contributed by atoms with E-state index in [-0.39, 0.29) is 83.7 Å². The van der Waals surface area contributed by atoms with Gasteiger partial charge in [0.25, 0.3) is 0 Å². The molecule has 1 aromatic heterocycles. The number of nitrogens with zero attached hydrogens (tertiary/aromatic N) is 1. The Balaban J connectivity index is -0.0000000128. The fraction of sp³-hybridized carbons (Fsp3) is 0.0769. The van der Waals surface area contributed by atoms with Crippen LogP contribution in [0.1, 0.15) is 6.42 Å². The molecular formula is C13H25Cl2N2Ti-7. The van der Waals surface area contributed by atoms with Crippen LogP contribution < -0.4 is 0 Å². The molecule has 5 heteroatoms. The van der Waals surface area contributed by atoms with Crippen molar-refractivity contribution in [2.24, 2.45) is 0 Å². The molecule has 2 nitrogen and oxygen atoms in total. The van der Waals surface area contributed by atoms with Gasteiger partial charge in [0, 0.05) is 21.7 Å². The average molecular weight is 328 g/mol. The van der Waals surface area contributed by atoms with Crippen LogP contribution in [0.5, 0.6) is 0 Å². The van der Waals surface area contributed by atoms with Crippen LogP contribution in [0, 0.1) is 49.4 Å². The van der Waals surface area contributed by atoms with Crippen molar-refractivity contribution in [3.05, 3.63) is 79.9 Å². The summed E-state index contributed by atoms with van der Waals surface area (Å²) in [5.41, 5.74) is 0. The average Bonchev–Trinajstić information content (AvgIpc) is 2.67. The first kappa shape index (κ1) is 52.0. The van der Waals surface area contributed by atoms with E-state index in [9.17, 15) is 0 Å². The normalized spacial score (nSPS) is 7.11. The molecule has 0 saturated heterocycles. The Morgan fingerprint density at radius 2 is 1.56 bits per heavy atom. The van der Waals surface area contributed by atoms with Gasteiger partial charge in [0.1, 0.15) is 0 Å². The Labute approximate surface area is 142 Å². The molecule has 0 aliphatic heterocycles. The molecule has 112 valence electrons. The van der Waals surface area contributed by atoms with Crippen LogP contribution in [0.3, 0.4) is 0 Å². The van der Waals surface area contributed by atoms with Crippen molar-refractivity contribution in [1.82, 2.24) is 10.2 Å². The van der Waals surface area contributed by atoms with Gasteiger partial charge in [-0.3, -0.25) is 6.08 Å². The number of aromatic amines is 1. The minimum Gasteiger partial charge on any atom is -0.382 e. The maximum absolute atomic E-state index is 3.47. The molecule has 2 rings (SSSR count). The number of allylic oxidation sites excluding steroid dienone is 4. The second-order valence-electron chi connectivity index (χ2n) is 1.71. The molecule has 0 aromatic carbocycles. The first-order valence-electron chi connectivity index (χ1n) is 3.08. The third kappa shape index (κ3) is 36.0. The molecule has 1 aliphatic rings. The molecule has 0 bridgehead atoms. The standard InChI is InChI=1S/C5H5.C3H3N2.5CH3.2ClH.Ti/c2*1-2-4-5-3-1;;;;;;;;/h1-3H,4H2;1-2H,(H,4,5);5*1H3;2*1H;/q7*-1;;;. The predicted octanol–water partition coefficient (Wildman–Crippen LogP) is 4.61. The summed E-state index contributed by atoms with van der Waals surface area (Å²) in [6.45, 7) is 0. The molecule has 0 unspecified atom stereocenters. The largest absolute Gasteiger partial charge is 0.382 e. The van der Waals surface area contributed by atoms with E-state index in [2.05, 4.69) is 28.5 Å². The van der Waals surface area contributed by atoms with E-state index in [4.69, 9.17) is 0 Å². The van der Waals surface area contributed by atoms with Crippen molar-refractivity contribution in [3.8, 4) is 0 Å². The van der Waals surface area contributed by atoms with E-state index in [1.165, 1.54) is 0 Å². The third-order valence-electron chi connectivity index (χ3n) is 0.947. The van der Waals surface area contributed by atoms with E-state index < -0.39 is 0 Å².